The molecule has 1 aliphatic heterocycles. The summed E-state index contributed by atoms with van der Waals surface area (Å²) in [5.41, 5.74) is 2.57. The summed E-state index contributed by atoms with van der Waals surface area (Å²) >= 11 is 0. The molecule has 8 nitrogen and oxygen atoms in total. The molecule has 0 saturated carbocycles. The van der Waals surface area contributed by atoms with Crippen molar-refractivity contribution in [3.05, 3.63) is 54.7 Å². The summed E-state index contributed by atoms with van der Waals surface area (Å²) in [5.74, 6) is 0. The maximum atomic E-state index is 12.7. The molecule has 4 rings (SSSR count). The molecule has 2 amide bonds. The maximum Gasteiger partial charge on any atom is 0.321 e. The van der Waals surface area contributed by atoms with Crippen molar-refractivity contribution in [3.63, 3.8) is 0 Å². The molecule has 3 aromatic heterocycles. The number of pyridine rings is 2. The molecule has 0 radical (unpaired) electrons. The summed E-state index contributed by atoms with van der Waals surface area (Å²) in [4.78, 5) is 21.0. The molecule has 1 fully saturated rings. The van der Waals surface area contributed by atoms with E-state index in [9.17, 15) is 4.79 Å². The van der Waals surface area contributed by atoms with Crippen LogP contribution >= 0.6 is 0 Å². The van der Waals surface area contributed by atoms with Gasteiger partial charge in [0, 0.05) is 51.3 Å². The largest absolute Gasteiger partial charge is 0.323 e. The Kier molecular flexibility index (Phi) is 4.74. The van der Waals surface area contributed by atoms with Crippen LogP contribution in [0.4, 0.5) is 10.5 Å². The second-order valence-corrected chi connectivity index (χ2v) is 6.39. The minimum atomic E-state index is -0.0909. The Morgan fingerprint density at radius 1 is 1.12 bits per heavy atom. The van der Waals surface area contributed by atoms with E-state index in [1.165, 1.54) is 5.56 Å². The average Bonchev–Trinajstić information content (AvgIpc) is 3.03. The number of rotatable bonds is 3. The molecule has 0 unspecified atom stereocenters. The molecule has 8 heteroatoms. The Hall–Kier alpha value is -3.00. The van der Waals surface area contributed by atoms with Crippen molar-refractivity contribution >= 4 is 17.4 Å². The molecule has 26 heavy (non-hydrogen) atoms. The number of carbonyl (C=O) groups excluding carboxylic acids is 1. The van der Waals surface area contributed by atoms with E-state index < -0.39 is 0 Å². The molecule has 1 saturated heterocycles. The fourth-order valence-electron chi connectivity index (χ4n) is 3.22. The van der Waals surface area contributed by atoms with Crippen molar-refractivity contribution in [2.75, 3.05) is 31.5 Å². The van der Waals surface area contributed by atoms with E-state index in [4.69, 9.17) is 0 Å². The van der Waals surface area contributed by atoms with Crippen LogP contribution < -0.4 is 5.32 Å². The molecule has 4 heterocycles. The highest BCUT2D eigenvalue weighted by Crippen LogP contribution is 2.15. The smallest absolute Gasteiger partial charge is 0.321 e. The molecule has 1 N–H and O–H groups in total. The number of nitrogens with one attached hydrogen (secondary N) is 1. The minimum absolute atomic E-state index is 0.0909. The zero-order chi connectivity index (χ0) is 17.8. The number of amides is 2. The van der Waals surface area contributed by atoms with E-state index in [1.807, 2.05) is 47.8 Å². The summed E-state index contributed by atoms with van der Waals surface area (Å²) < 4.78 is 1.79. The second kappa shape index (κ2) is 7.49. The van der Waals surface area contributed by atoms with Crippen molar-refractivity contribution in [3.8, 4) is 0 Å². The molecule has 134 valence electrons. The highest BCUT2D eigenvalue weighted by molar-refractivity contribution is 5.93. The Labute approximate surface area is 151 Å². The third-order valence-corrected chi connectivity index (χ3v) is 4.60. The van der Waals surface area contributed by atoms with Gasteiger partial charge in [-0.15, -0.1) is 10.2 Å². The van der Waals surface area contributed by atoms with E-state index in [0.717, 1.165) is 32.6 Å². The first-order valence-electron chi connectivity index (χ1n) is 8.75. The van der Waals surface area contributed by atoms with Gasteiger partial charge in [-0.2, -0.15) is 0 Å². The standard InChI is InChI=1S/C18H21N7O/c26-18(21-16-3-1-9-25-14-20-22-17(16)25)24-10-2-8-23(11-12-24)13-15-4-6-19-7-5-15/h1,3-7,9,14H,2,8,10-13H2,(H,21,26). The van der Waals surface area contributed by atoms with Crippen LogP contribution in [0.15, 0.2) is 49.2 Å². The SMILES string of the molecule is O=C(Nc1cccn2cnnc12)N1CCCN(Cc2ccncc2)CC1. The van der Waals surface area contributed by atoms with Crippen LogP contribution in [0.2, 0.25) is 0 Å². The maximum absolute atomic E-state index is 12.7. The predicted molar refractivity (Wildman–Crippen MR) is 97.7 cm³/mol. The van der Waals surface area contributed by atoms with Gasteiger partial charge in [0.15, 0.2) is 5.65 Å². The molecular weight excluding hydrogens is 330 g/mol. The van der Waals surface area contributed by atoms with Crippen molar-refractivity contribution in [1.29, 1.82) is 0 Å². The van der Waals surface area contributed by atoms with E-state index in [1.54, 1.807) is 10.7 Å². The van der Waals surface area contributed by atoms with Gasteiger partial charge in [-0.1, -0.05) is 0 Å². The van der Waals surface area contributed by atoms with Crippen molar-refractivity contribution < 1.29 is 4.79 Å². The Bertz CT molecular complexity index is 879. The van der Waals surface area contributed by atoms with E-state index in [-0.39, 0.29) is 6.03 Å². The van der Waals surface area contributed by atoms with Gasteiger partial charge in [-0.05, 0) is 36.2 Å². The van der Waals surface area contributed by atoms with Crippen molar-refractivity contribution in [2.24, 2.45) is 0 Å². The monoisotopic (exact) mass is 351 g/mol. The fraction of sp³-hybridized carbons (Fsp3) is 0.333. The van der Waals surface area contributed by atoms with Gasteiger partial charge < -0.3 is 10.2 Å². The van der Waals surface area contributed by atoms with Crippen molar-refractivity contribution in [2.45, 2.75) is 13.0 Å². The normalized spacial score (nSPS) is 15.8. The number of urea groups is 1. The fourth-order valence-corrected chi connectivity index (χ4v) is 3.22. The minimum Gasteiger partial charge on any atom is -0.323 e. The molecule has 0 atom stereocenters. The van der Waals surface area contributed by atoms with E-state index in [2.05, 4.69) is 25.4 Å². The highest BCUT2D eigenvalue weighted by atomic mass is 16.2. The van der Waals surface area contributed by atoms with Crippen LogP contribution in [-0.2, 0) is 6.54 Å². The zero-order valence-electron chi connectivity index (χ0n) is 14.5. The van der Waals surface area contributed by atoms with Gasteiger partial charge >= 0.3 is 6.03 Å². The summed E-state index contributed by atoms with van der Waals surface area (Å²) in [7, 11) is 0. The van der Waals surface area contributed by atoms with E-state index >= 15 is 0 Å². The molecule has 3 aromatic rings. The summed E-state index contributed by atoms with van der Waals surface area (Å²) in [6.45, 7) is 4.16. The summed E-state index contributed by atoms with van der Waals surface area (Å²) in [6.07, 6.45) is 8.06. The first-order chi connectivity index (χ1) is 12.8. The van der Waals surface area contributed by atoms with Crippen LogP contribution in [0.25, 0.3) is 5.65 Å². The second-order valence-electron chi connectivity index (χ2n) is 6.39. The van der Waals surface area contributed by atoms with Crippen LogP contribution in [0.5, 0.6) is 0 Å². The molecule has 0 spiro atoms. The molecule has 0 aromatic carbocycles. The lowest BCUT2D eigenvalue weighted by molar-refractivity contribution is 0.211. The quantitative estimate of drug-likeness (QED) is 0.779. The lowest BCUT2D eigenvalue weighted by Gasteiger charge is -2.22. The van der Waals surface area contributed by atoms with Crippen LogP contribution in [0.1, 0.15) is 12.0 Å². The number of hydrogen-bond donors (Lipinski definition) is 1. The lowest BCUT2D eigenvalue weighted by Crippen LogP contribution is -2.38. The van der Waals surface area contributed by atoms with Crippen LogP contribution in [-0.4, -0.2) is 61.6 Å². The molecular formula is C18H21N7O. The number of hydrogen-bond acceptors (Lipinski definition) is 5. The first-order valence-corrected chi connectivity index (χ1v) is 8.75. The zero-order valence-corrected chi connectivity index (χ0v) is 14.5. The topological polar surface area (TPSA) is 78.7 Å². The summed E-state index contributed by atoms with van der Waals surface area (Å²) in [5, 5.41) is 10.9. The van der Waals surface area contributed by atoms with Crippen molar-refractivity contribution in [1.82, 2.24) is 29.4 Å². The van der Waals surface area contributed by atoms with Gasteiger partial charge in [0.05, 0.1) is 5.69 Å². The lowest BCUT2D eigenvalue weighted by atomic mass is 10.2. The third-order valence-electron chi connectivity index (χ3n) is 4.60. The van der Waals surface area contributed by atoms with Gasteiger partial charge in [0.1, 0.15) is 6.33 Å². The third kappa shape index (κ3) is 3.65. The van der Waals surface area contributed by atoms with E-state index in [0.29, 0.717) is 17.9 Å². The first kappa shape index (κ1) is 16.5. The number of carbonyl (C=O) groups is 1. The Morgan fingerprint density at radius 3 is 2.88 bits per heavy atom. The van der Waals surface area contributed by atoms with Gasteiger partial charge in [-0.25, -0.2) is 4.79 Å². The van der Waals surface area contributed by atoms with Crippen LogP contribution in [0, 0.1) is 0 Å². The Morgan fingerprint density at radius 2 is 2.00 bits per heavy atom. The summed E-state index contributed by atoms with van der Waals surface area (Å²) in [6, 6.07) is 7.69. The van der Waals surface area contributed by atoms with Gasteiger partial charge in [0.25, 0.3) is 0 Å². The number of fused-ring (bicyclic) bond motifs is 1. The molecule has 0 bridgehead atoms. The Balaban J connectivity index is 1.37. The molecule has 0 aliphatic carbocycles. The van der Waals surface area contributed by atoms with Crippen LogP contribution in [0.3, 0.4) is 0 Å². The number of aromatic nitrogens is 4. The number of nitrogens with zero attached hydrogens (tertiary/aromatic N) is 6. The average molecular weight is 351 g/mol. The van der Waals surface area contributed by atoms with Gasteiger partial charge in [0.2, 0.25) is 0 Å². The number of anilines is 1. The molecule has 1 aliphatic rings. The van der Waals surface area contributed by atoms with Gasteiger partial charge in [-0.3, -0.25) is 14.3 Å². The predicted octanol–water partition coefficient (Wildman–Crippen LogP) is 1.86. The highest BCUT2D eigenvalue weighted by Gasteiger charge is 2.20.